The predicted octanol–water partition coefficient (Wildman–Crippen LogP) is 0.823. The third kappa shape index (κ3) is 3.23. The van der Waals surface area contributed by atoms with Gasteiger partial charge in [-0.25, -0.2) is 4.79 Å². The van der Waals surface area contributed by atoms with Crippen molar-refractivity contribution in [3.05, 3.63) is 29.3 Å². The molecule has 6 nitrogen and oxygen atoms in total. The van der Waals surface area contributed by atoms with E-state index in [9.17, 15) is 19.8 Å². The molecule has 6 heteroatoms. The van der Waals surface area contributed by atoms with Crippen LogP contribution in [0.3, 0.4) is 0 Å². The van der Waals surface area contributed by atoms with Crippen LogP contribution in [0.15, 0.2) is 18.2 Å². The lowest BCUT2D eigenvalue weighted by molar-refractivity contribution is -0.136. The monoisotopic (exact) mass is 238 g/mol. The van der Waals surface area contributed by atoms with Gasteiger partial charge in [-0.05, 0) is 17.7 Å². The molecule has 90 valence electrons. The fourth-order valence-electron chi connectivity index (χ4n) is 1.29. The van der Waals surface area contributed by atoms with Gasteiger partial charge in [0.05, 0.1) is 6.42 Å². The first kappa shape index (κ1) is 12.6. The zero-order valence-corrected chi connectivity index (χ0v) is 8.62. The molecule has 0 aliphatic carbocycles. The number of phenolic OH excluding ortho intramolecular Hbond substituents is 2. The lowest BCUT2D eigenvalue weighted by Gasteiger charge is -2.07. The van der Waals surface area contributed by atoms with E-state index in [1.54, 1.807) is 0 Å². The largest absolute Gasteiger partial charge is 0.504 e. The van der Waals surface area contributed by atoms with Gasteiger partial charge in [-0.15, -0.1) is 0 Å². The molecular formula is C11H10O6. The average Bonchev–Trinajstić information content (AvgIpc) is 2.23. The summed E-state index contributed by atoms with van der Waals surface area (Å²) in [6.45, 7) is 0. The summed E-state index contributed by atoms with van der Waals surface area (Å²) in [7, 11) is 0. The normalized spacial score (nSPS) is 10.6. The van der Waals surface area contributed by atoms with Gasteiger partial charge in [0.25, 0.3) is 0 Å². The van der Waals surface area contributed by atoms with Gasteiger partial charge in [0.2, 0.25) is 0 Å². The average molecular weight is 238 g/mol. The molecule has 0 aliphatic rings. The third-order valence-electron chi connectivity index (χ3n) is 2.03. The van der Waals surface area contributed by atoms with Gasteiger partial charge >= 0.3 is 11.9 Å². The van der Waals surface area contributed by atoms with Crippen molar-refractivity contribution in [3.63, 3.8) is 0 Å². The summed E-state index contributed by atoms with van der Waals surface area (Å²) in [6.07, 6.45) is 1.45. The highest BCUT2D eigenvalue weighted by Gasteiger charge is 2.13. The summed E-state index contributed by atoms with van der Waals surface area (Å²) in [5.74, 6) is -3.40. The van der Waals surface area contributed by atoms with Gasteiger partial charge in [0, 0.05) is 11.6 Å². The SMILES string of the molecule is O=C(O)/C=C\c1ccc(O)c(O)c1CC(=O)O. The number of carbonyl (C=O) groups is 2. The van der Waals surface area contributed by atoms with E-state index in [2.05, 4.69) is 0 Å². The molecule has 4 N–H and O–H groups in total. The summed E-state index contributed by atoms with van der Waals surface area (Å²) in [5.41, 5.74) is 0.195. The molecular weight excluding hydrogens is 228 g/mol. The second kappa shape index (κ2) is 5.02. The summed E-state index contributed by atoms with van der Waals surface area (Å²) < 4.78 is 0. The summed E-state index contributed by atoms with van der Waals surface area (Å²) in [5, 5.41) is 35.8. The molecule has 0 saturated heterocycles. The van der Waals surface area contributed by atoms with Gasteiger partial charge in [0.15, 0.2) is 11.5 Å². The lowest BCUT2D eigenvalue weighted by Crippen LogP contribution is -2.02. The molecule has 0 amide bonds. The highest BCUT2D eigenvalue weighted by molar-refractivity contribution is 5.86. The number of benzene rings is 1. The van der Waals surface area contributed by atoms with Crippen molar-refractivity contribution < 1.29 is 30.0 Å². The van der Waals surface area contributed by atoms with Crippen molar-refractivity contribution in [1.29, 1.82) is 0 Å². The quantitative estimate of drug-likeness (QED) is 0.456. The molecule has 1 aromatic rings. The zero-order chi connectivity index (χ0) is 13.0. The molecule has 0 aromatic heterocycles. The Labute approximate surface area is 96.1 Å². The van der Waals surface area contributed by atoms with E-state index in [0.29, 0.717) is 0 Å². The van der Waals surface area contributed by atoms with Gasteiger partial charge in [-0.3, -0.25) is 4.79 Å². The van der Waals surface area contributed by atoms with E-state index in [0.717, 1.165) is 18.2 Å². The van der Waals surface area contributed by atoms with E-state index in [1.807, 2.05) is 0 Å². The molecule has 1 rings (SSSR count). The van der Waals surface area contributed by atoms with Crippen molar-refractivity contribution in [1.82, 2.24) is 0 Å². The minimum atomic E-state index is -1.20. The first-order valence-electron chi connectivity index (χ1n) is 4.58. The summed E-state index contributed by atoms with van der Waals surface area (Å²) in [4.78, 5) is 20.9. The molecule has 0 saturated carbocycles. The molecule has 0 bridgehead atoms. The number of phenols is 2. The fourth-order valence-corrected chi connectivity index (χ4v) is 1.29. The number of carboxylic acids is 2. The smallest absolute Gasteiger partial charge is 0.328 e. The van der Waals surface area contributed by atoms with Gasteiger partial charge < -0.3 is 20.4 Å². The highest BCUT2D eigenvalue weighted by atomic mass is 16.4. The van der Waals surface area contributed by atoms with E-state index in [4.69, 9.17) is 10.2 Å². The van der Waals surface area contributed by atoms with Crippen LogP contribution >= 0.6 is 0 Å². The molecule has 0 radical (unpaired) electrons. The Morgan fingerprint density at radius 3 is 2.35 bits per heavy atom. The number of hydrogen-bond donors (Lipinski definition) is 4. The Kier molecular flexibility index (Phi) is 3.71. The Hall–Kier alpha value is -2.50. The van der Waals surface area contributed by atoms with Crippen LogP contribution in [0.5, 0.6) is 11.5 Å². The van der Waals surface area contributed by atoms with E-state index in [1.165, 1.54) is 6.07 Å². The van der Waals surface area contributed by atoms with Crippen molar-refractivity contribution in [3.8, 4) is 11.5 Å². The minimum absolute atomic E-state index is 0.0324. The van der Waals surface area contributed by atoms with Crippen LogP contribution < -0.4 is 0 Å². The van der Waals surface area contributed by atoms with Gasteiger partial charge in [-0.1, -0.05) is 6.07 Å². The standard InChI is InChI=1S/C11H10O6/c12-8-3-1-6(2-4-9(13)14)7(11(8)17)5-10(15)16/h1-4,12,17H,5H2,(H,13,14)(H,15,16)/b4-2-. The maximum Gasteiger partial charge on any atom is 0.328 e. The summed E-state index contributed by atoms with van der Waals surface area (Å²) in [6, 6.07) is 2.48. The molecule has 0 aliphatic heterocycles. The van der Waals surface area contributed by atoms with E-state index >= 15 is 0 Å². The molecule has 0 fully saturated rings. The fraction of sp³-hybridized carbons (Fsp3) is 0.0909. The highest BCUT2D eigenvalue weighted by Crippen LogP contribution is 2.32. The van der Waals surface area contributed by atoms with Crippen molar-refractivity contribution in [2.24, 2.45) is 0 Å². The molecule has 0 heterocycles. The van der Waals surface area contributed by atoms with Crippen LogP contribution in [0, 0.1) is 0 Å². The van der Waals surface area contributed by atoms with E-state index in [-0.39, 0.29) is 11.1 Å². The number of rotatable bonds is 4. The van der Waals surface area contributed by atoms with Crippen LogP contribution in [0.4, 0.5) is 0 Å². The lowest BCUT2D eigenvalue weighted by atomic mass is 10.0. The maximum absolute atomic E-state index is 10.6. The molecule has 0 unspecified atom stereocenters. The number of aliphatic carboxylic acids is 2. The van der Waals surface area contributed by atoms with Crippen LogP contribution in [0.1, 0.15) is 11.1 Å². The zero-order valence-electron chi connectivity index (χ0n) is 8.62. The van der Waals surface area contributed by atoms with Crippen LogP contribution in [0.25, 0.3) is 6.08 Å². The summed E-state index contributed by atoms with van der Waals surface area (Å²) >= 11 is 0. The topological polar surface area (TPSA) is 115 Å². The maximum atomic E-state index is 10.6. The number of carboxylic acid groups (broad SMARTS) is 2. The Morgan fingerprint density at radius 1 is 1.18 bits per heavy atom. The second-order valence-electron chi connectivity index (χ2n) is 3.24. The second-order valence-corrected chi connectivity index (χ2v) is 3.24. The number of aromatic hydroxyl groups is 2. The van der Waals surface area contributed by atoms with Crippen LogP contribution in [-0.4, -0.2) is 32.4 Å². The number of hydrogen-bond acceptors (Lipinski definition) is 4. The minimum Gasteiger partial charge on any atom is -0.504 e. The Morgan fingerprint density at radius 2 is 1.82 bits per heavy atom. The molecule has 17 heavy (non-hydrogen) atoms. The Balaban J connectivity index is 3.24. The van der Waals surface area contributed by atoms with E-state index < -0.39 is 29.9 Å². The van der Waals surface area contributed by atoms with Gasteiger partial charge in [-0.2, -0.15) is 0 Å². The van der Waals surface area contributed by atoms with Crippen LogP contribution in [0.2, 0.25) is 0 Å². The van der Waals surface area contributed by atoms with Crippen molar-refractivity contribution in [2.75, 3.05) is 0 Å². The first-order valence-corrected chi connectivity index (χ1v) is 4.58. The Bertz CT molecular complexity index is 489. The van der Waals surface area contributed by atoms with Crippen molar-refractivity contribution in [2.45, 2.75) is 6.42 Å². The molecule has 0 atom stereocenters. The molecule has 0 spiro atoms. The van der Waals surface area contributed by atoms with Gasteiger partial charge in [0.1, 0.15) is 0 Å². The first-order chi connectivity index (χ1) is 7.91. The molecule has 1 aromatic carbocycles. The van der Waals surface area contributed by atoms with Crippen LogP contribution in [-0.2, 0) is 16.0 Å². The third-order valence-corrected chi connectivity index (χ3v) is 2.03. The predicted molar refractivity (Wildman–Crippen MR) is 57.8 cm³/mol. The van der Waals surface area contributed by atoms with Crippen molar-refractivity contribution >= 4 is 18.0 Å².